The monoisotopic (exact) mass is 293 g/mol. The van der Waals surface area contributed by atoms with E-state index in [0.29, 0.717) is 0 Å². The van der Waals surface area contributed by atoms with Crippen molar-refractivity contribution in [3.05, 3.63) is 16.3 Å². The number of aliphatic hydroxyl groups is 1. The smallest absolute Gasteiger partial charge is 0.345 e. The Morgan fingerprint density at radius 3 is 2.50 bits per heavy atom. The number of carbonyl (C=O) groups is 1. The molecule has 0 amide bonds. The highest BCUT2D eigenvalue weighted by Gasteiger charge is 2.28. The molecule has 0 bridgehead atoms. The van der Waals surface area contributed by atoms with Gasteiger partial charge >= 0.3 is 5.97 Å². The molecule has 1 aromatic heterocycles. The minimum atomic E-state index is -3.75. The van der Waals surface area contributed by atoms with Gasteiger partial charge in [0, 0.05) is 18.0 Å². The zero-order valence-electron chi connectivity index (χ0n) is 10.0. The molecule has 0 atom stereocenters. The summed E-state index contributed by atoms with van der Waals surface area (Å²) in [6, 6.07) is 0.824. The number of rotatable bonds is 6. The van der Waals surface area contributed by atoms with E-state index in [2.05, 4.69) is 0 Å². The highest BCUT2D eigenvalue weighted by Crippen LogP contribution is 2.23. The van der Waals surface area contributed by atoms with Crippen LogP contribution in [0.3, 0.4) is 0 Å². The van der Waals surface area contributed by atoms with Crippen LogP contribution < -0.4 is 0 Å². The SMILES string of the molecule is CC(C)N(CCO)S(=O)(=O)c1csc(C(=O)O)c1. The second-order valence-corrected chi connectivity index (χ2v) is 6.69. The van der Waals surface area contributed by atoms with Gasteiger partial charge in [0.25, 0.3) is 0 Å². The molecular weight excluding hydrogens is 278 g/mol. The lowest BCUT2D eigenvalue weighted by molar-refractivity contribution is 0.0702. The Balaban J connectivity index is 3.14. The van der Waals surface area contributed by atoms with E-state index in [0.717, 1.165) is 21.7 Å². The molecule has 6 nitrogen and oxygen atoms in total. The number of sulfonamides is 1. The molecule has 1 heterocycles. The molecule has 1 rings (SSSR count). The van der Waals surface area contributed by atoms with Gasteiger partial charge in [-0.15, -0.1) is 11.3 Å². The van der Waals surface area contributed by atoms with E-state index >= 15 is 0 Å². The summed E-state index contributed by atoms with van der Waals surface area (Å²) >= 11 is 0.864. The topological polar surface area (TPSA) is 94.9 Å². The first kappa shape index (κ1) is 15.1. The molecule has 8 heteroatoms. The second-order valence-electron chi connectivity index (χ2n) is 3.88. The Bertz CT molecular complexity index is 520. The van der Waals surface area contributed by atoms with Crippen LogP contribution >= 0.6 is 11.3 Å². The lowest BCUT2D eigenvalue weighted by Crippen LogP contribution is -2.38. The maximum Gasteiger partial charge on any atom is 0.345 e. The Morgan fingerprint density at radius 2 is 2.11 bits per heavy atom. The van der Waals surface area contributed by atoms with Gasteiger partial charge in [0.2, 0.25) is 10.0 Å². The van der Waals surface area contributed by atoms with E-state index in [-0.39, 0.29) is 29.0 Å². The van der Waals surface area contributed by atoms with Crippen LogP contribution in [0.2, 0.25) is 0 Å². The first-order valence-electron chi connectivity index (χ1n) is 5.25. The summed E-state index contributed by atoms with van der Waals surface area (Å²) in [6.45, 7) is 3.08. The van der Waals surface area contributed by atoms with Gasteiger partial charge in [-0.2, -0.15) is 4.31 Å². The number of hydrogen-bond acceptors (Lipinski definition) is 5. The summed E-state index contributed by atoms with van der Waals surface area (Å²) in [5.41, 5.74) is 0. The molecule has 1 aromatic rings. The highest BCUT2D eigenvalue weighted by molar-refractivity contribution is 7.89. The maximum absolute atomic E-state index is 12.2. The van der Waals surface area contributed by atoms with E-state index in [4.69, 9.17) is 10.2 Å². The summed E-state index contributed by atoms with van der Waals surface area (Å²) in [4.78, 5) is 10.7. The molecular formula is C10H15NO5S2. The van der Waals surface area contributed by atoms with Crippen LogP contribution in [0.25, 0.3) is 0 Å². The molecule has 0 radical (unpaired) electrons. The van der Waals surface area contributed by atoms with E-state index in [9.17, 15) is 13.2 Å². The van der Waals surface area contributed by atoms with E-state index in [1.54, 1.807) is 13.8 Å². The molecule has 0 aliphatic heterocycles. The molecule has 0 saturated heterocycles. The quantitative estimate of drug-likeness (QED) is 0.810. The van der Waals surface area contributed by atoms with Gasteiger partial charge in [-0.3, -0.25) is 0 Å². The summed E-state index contributed by atoms with van der Waals surface area (Å²) < 4.78 is 25.6. The largest absolute Gasteiger partial charge is 0.477 e. The Morgan fingerprint density at radius 1 is 1.50 bits per heavy atom. The number of aromatic carboxylic acids is 1. The molecule has 18 heavy (non-hydrogen) atoms. The molecule has 0 unspecified atom stereocenters. The van der Waals surface area contributed by atoms with Crippen LogP contribution in [0.1, 0.15) is 23.5 Å². The third kappa shape index (κ3) is 3.08. The highest BCUT2D eigenvalue weighted by atomic mass is 32.2. The summed E-state index contributed by atoms with van der Waals surface area (Å²) in [6.07, 6.45) is 0. The molecule has 0 fully saturated rings. The predicted molar refractivity (Wildman–Crippen MR) is 67.4 cm³/mol. The fraction of sp³-hybridized carbons (Fsp3) is 0.500. The van der Waals surface area contributed by atoms with Crippen molar-refractivity contribution in [1.29, 1.82) is 0 Å². The van der Waals surface area contributed by atoms with Crippen molar-refractivity contribution in [2.45, 2.75) is 24.8 Å². The number of carboxylic acids is 1. The number of aliphatic hydroxyl groups excluding tert-OH is 1. The van der Waals surface area contributed by atoms with Crippen molar-refractivity contribution in [2.75, 3.05) is 13.2 Å². The average molecular weight is 293 g/mol. The Kier molecular flexibility index (Phi) is 4.85. The predicted octanol–water partition coefficient (Wildman–Crippen LogP) is 0.838. The molecule has 0 saturated carbocycles. The standard InChI is InChI=1S/C10H15NO5S2/c1-7(2)11(3-4-12)18(15,16)8-5-9(10(13)14)17-6-8/h5-7,12H,3-4H2,1-2H3,(H,13,14). The van der Waals surface area contributed by atoms with Crippen molar-refractivity contribution in [2.24, 2.45) is 0 Å². The zero-order chi connectivity index (χ0) is 13.9. The maximum atomic E-state index is 12.2. The fourth-order valence-corrected chi connectivity index (χ4v) is 4.18. The van der Waals surface area contributed by atoms with E-state index < -0.39 is 16.0 Å². The van der Waals surface area contributed by atoms with Gasteiger partial charge in [0.1, 0.15) is 4.88 Å². The summed E-state index contributed by atoms with van der Waals surface area (Å²) in [5.74, 6) is -1.15. The third-order valence-corrected chi connectivity index (χ3v) is 5.41. The van der Waals surface area contributed by atoms with Crippen LogP contribution in [0, 0.1) is 0 Å². The normalized spacial score (nSPS) is 12.3. The molecule has 102 valence electrons. The van der Waals surface area contributed by atoms with Crippen LogP contribution in [-0.4, -0.2) is 48.1 Å². The van der Waals surface area contributed by atoms with Crippen molar-refractivity contribution in [1.82, 2.24) is 4.31 Å². The van der Waals surface area contributed by atoms with Crippen LogP contribution in [-0.2, 0) is 10.0 Å². The van der Waals surface area contributed by atoms with Crippen LogP contribution in [0.5, 0.6) is 0 Å². The van der Waals surface area contributed by atoms with Crippen LogP contribution in [0.4, 0.5) is 0 Å². The van der Waals surface area contributed by atoms with E-state index in [1.165, 1.54) is 5.38 Å². The van der Waals surface area contributed by atoms with Gasteiger partial charge in [-0.1, -0.05) is 0 Å². The Hall–Kier alpha value is -0.960. The molecule has 0 aromatic carbocycles. The minimum absolute atomic E-state index is 0.0156. The second kappa shape index (κ2) is 5.79. The summed E-state index contributed by atoms with van der Waals surface area (Å²) in [5, 5.41) is 19.0. The number of hydrogen-bond donors (Lipinski definition) is 2. The first-order chi connectivity index (χ1) is 8.30. The van der Waals surface area contributed by atoms with Crippen LogP contribution in [0.15, 0.2) is 16.3 Å². The minimum Gasteiger partial charge on any atom is -0.477 e. The van der Waals surface area contributed by atoms with Crippen molar-refractivity contribution < 1.29 is 23.4 Å². The summed E-state index contributed by atoms with van der Waals surface area (Å²) in [7, 11) is -3.75. The zero-order valence-corrected chi connectivity index (χ0v) is 11.7. The van der Waals surface area contributed by atoms with Crippen molar-refractivity contribution >= 4 is 27.3 Å². The number of thiophene rings is 1. The van der Waals surface area contributed by atoms with Gasteiger partial charge < -0.3 is 10.2 Å². The van der Waals surface area contributed by atoms with Crippen molar-refractivity contribution in [3.63, 3.8) is 0 Å². The van der Waals surface area contributed by atoms with Gasteiger partial charge in [-0.25, -0.2) is 13.2 Å². The fourth-order valence-electron chi connectivity index (χ4n) is 1.46. The van der Waals surface area contributed by atoms with E-state index in [1.807, 2.05) is 0 Å². The van der Waals surface area contributed by atoms with Gasteiger partial charge in [0.05, 0.1) is 11.5 Å². The average Bonchev–Trinajstić information content (AvgIpc) is 2.74. The molecule has 0 aliphatic carbocycles. The van der Waals surface area contributed by atoms with Crippen molar-refractivity contribution in [3.8, 4) is 0 Å². The van der Waals surface area contributed by atoms with Gasteiger partial charge in [-0.05, 0) is 19.9 Å². The van der Waals surface area contributed by atoms with Gasteiger partial charge in [0.15, 0.2) is 0 Å². The molecule has 0 spiro atoms. The lowest BCUT2D eigenvalue weighted by Gasteiger charge is -2.24. The molecule has 2 N–H and O–H groups in total. The Labute approximate surface area is 110 Å². The number of carboxylic acid groups (broad SMARTS) is 1. The molecule has 0 aliphatic rings. The lowest BCUT2D eigenvalue weighted by atomic mass is 10.4. The third-order valence-electron chi connectivity index (χ3n) is 2.29. The first-order valence-corrected chi connectivity index (χ1v) is 7.57. The number of nitrogens with zero attached hydrogens (tertiary/aromatic N) is 1.